The van der Waals surface area contributed by atoms with Gasteiger partial charge in [0.15, 0.2) is 11.4 Å². The van der Waals surface area contributed by atoms with E-state index in [1.54, 1.807) is 29.3 Å². The van der Waals surface area contributed by atoms with Crippen LogP contribution < -0.4 is 10.2 Å². The molecule has 24 heavy (non-hydrogen) atoms. The zero-order valence-corrected chi connectivity index (χ0v) is 13.2. The second kappa shape index (κ2) is 6.31. The summed E-state index contributed by atoms with van der Waals surface area (Å²) >= 11 is 0. The van der Waals surface area contributed by atoms with Crippen LogP contribution in [0.3, 0.4) is 0 Å². The average Bonchev–Trinajstić information content (AvgIpc) is 3.35. The number of rotatable bonds is 5. The van der Waals surface area contributed by atoms with Gasteiger partial charge >= 0.3 is 0 Å². The maximum atomic E-state index is 11.9. The maximum Gasteiger partial charge on any atom is 0.287 e. The molecule has 4 heterocycles. The lowest BCUT2D eigenvalue weighted by Crippen LogP contribution is -2.27. The molecule has 3 aromatic rings. The van der Waals surface area contributed by atoms with E-state index in [1.807, 2.05) is 0 Å². The van der Waals surface area contributed by atoms with E-state index < -0.39 is 0 Å². The Morgan fingerprint density at radius 1 is 1.29 bits per heavy atom. The molecule has 4 rings (SSSR count). The Morgan fingerprint density at radius 2 is 2.17 bits per heavy atom. The first-order valence-corrected chi connectivity index (χ1v) is 8.06. The highest BCUT2D eigenvalue weighted by Gasteiger charge is 2.18. The molecule has 1 fully saturated rings. The van der Waals surface area contributed by atoms with Gasteiger partial charge < -0.3 is 14.6 Å². The zero-order valence-electron chi connectivity index (χ0n) is 13.2. The molecule has 1 aliphatic rings. The average molecular weight is 326 g/mol. The van der Waals surface area contributed by atoms with Crippen molar-refractivity contribution in [3.8, 4) is 0 Å². The third-order valence-corrected chi connectivity index (χ3v) is 4.17. The fraction of sp³-hybridized carbons (Fsp3) is 0.375. The number of carbonyl (C=O) groups is 1. The van der Waals surface area contributed by atoms with Crippen molar-refractivity contribution in [1.29, 1.82) is 0 Å². The van der Waals surface area contributed by atoms with Crippen LogP contribution in [-0.4, -0.2) is 45.3 Å². The van der Waals surface area contributed by atoms with E-state index in [-0.39, 0.29) is 5.91 Å². The van der Waals surface area contributed by atoms with Gasteiger partial charge in [-0.05, 0) is 25.0 Å². The summed E-state index contributed by atoms with van der Waals surface area (Å²) in [6, 6.07) is 3.32. The summed E-state index contributed by atoms with van der Waals surface area (Å²) in [5, 5.41) is 8.17. The molecule has 1 N–H and O–H groups in total. The molecule has 0 radical (unpaired) electrons. The van der Waals surface area contributed by atoms with Gasteiger partial charge in [-0.25, -0.2) is 14.6 Å². The Morgan fingerprint density at radius 3 is 2.96 bits per heavy atom. The fourth-order valence-corrected chi connectivity index (χ4v) is 3.00. The topological polar surface area (TPSA) is 89.1 Å². The monoisotopic (exact) mass is 326 g/mol. The fourth-order valence-electron chi connectivity index (χ4n) is 3.00. The molecule has 0 aromatic carbocycles. The molecule has 0 saturated carbocycles. The van der Waals surface area contributed by atoms with E-state index >= 15 is 0 Å². The second-order valence-corrected chi connectivity index (χ2v) is 5.73. The number of hydrogen-bond donors (Lipinski definition) is 1. The minimum absolute atomic E-state index is 0.233. The van der Waals surface area contributed by atoms with Gasteiger partial charge in [0.25, 0.3) is 5.91 Å². The minimum Gasteiger partial charge on any atom is -0.459 e. The largest absolute Gasteiger partial charge is 0.459 e. The van der Waals surface area contributed by atoms with Gasteiger partial charge in [0.05, 0.1) is 24.4 Å². The molecule has 0 spiro atoms. The first-order valence-electron chi connectivity index (χ1n) is 8.06. The quantitative estimate of drug-likeness (QED) is 0.763. The van der Waals surface area contributed by atoms with Crippen molar-refractivity contribution in [2.45, 2.75) is 19.4 Å². The molecule has 8 heteroatoms. The Labute approximate surface area is 138 Å². The number of nitrogens with one attached hydrogen (secondary N) is 1. The Kier molecular flexibility index (Phi) is 3.86. The Bertz CT molecular complexity index is 836. The highest BCUT2D eigenvalue weighted by atomic mass is 16.3. The van der Waals surface area contributed by atoms with E-state index in [2.05, 4.69) is 25.3 Å². The predicted molar refractivity (Wildman–Crippen MR) is 87.8 cm³/mol. The Balaban J connectivity index is 1.47. The number of aromatic nitrogens is 4. The van der Waals surface area contributed by atoms with Crippen LogP contribution in [0, 0.1) is 0 Å². The second-order valence-electron chi connectivity index (χ2n) is 5.73. The van der Waals surface area contributed by atoms with E-state index in [1.165, 1.54) is 19.1 Å². The standard InChI is InChI=1S/C16H18N6O2/c23-16(13-4-3-9-24-13)17-5-8-22-15-12(10-20-22)14(18-11-19-15)21-6-1-2-7-21/h3-4,9-11H,1-2,5-8H2,(H,17,23). The van der Waals surface area contributed by atoms with Gasteiger partial charge in [-0.1, -0.05) is 0 Å². The SMILES string of the molecule is O=C(NCCn1ncc2c(N3CCCC3)ncnc21)c1ccco1. The number of carbonyl (C=O) groups excluding carboxylic acids is 1. The number of anilines is 1. The van der Waals surface area contributed by atoms with Crippen molar-refractivity contribution < 1.29 is 9.21 Å². The lowest BCUT2D eigenvalue weighted by molar-refractivity contribution is 0.0924. The summed E-state index contributed by atoms with van der Waals surface area (Å²) in [5.74, 6) is 1.02. The van der Waals surface area contributed by atoms with Crippen LogP contribution in [0.2, 0.25) is 0 Å². The number of hydrogen-bond acceptors (Lipinski definition) is 6. The molecular weight excluding hydrogens is 308 g/mol. The summed E-state index contributed by atoms with van der Waals surface area (Å²) in [6.45, 7) is 3.03. The molecular formula is C16H18N6O2. The zero-order chi connectivity index (χ0) is 16.4. The number of nitrogens with zero attached hydrogens (tertiary/aromatic N) is 5. The minimum atomic E-state index is -0.233. The van der Waals surface area contributed by atoms with Crippen LogP contribution in [-0.2, 0) is 6.54 Å². The van der Waals surface area contributed by atoms with Crippen LogP contribution in [0.1, 0.15) is 23.4 Å². The first-order chi connectivity index (χ1) is 11.8. The molecule has 0 bridgehead atoms. The van der Waals surface area contributed by atoms with Crippen molar-refractivity contribution >= 4 is 22.8 Å². The van der Waals surface area contributed by atoms with Crippen molar-refractivity contribution in [3.63, 3.8) is 0 Å². The number of amides is 1. The molecule has 124 valence electrons. The van der Waals surface area contributed by atoms with E-state index in [4.69, 9.17) is 4.42 Å². The molecule has 1 aliphatic heterocycles. The van der Waals surface area contributed by atoms with Gasteiger partial charge in [-0.3, -0.25) is 4.79 Å². The van der Waals surface area contributed by atoms with Crippen molar-refractivity contribution in [1.82, 2.24) is 25.1 Å². The molecule has 1 saturated heterocycles. The van der Waals surface area contributed by atoms with Gasteiger partial charge in [0.2, 0.25) is 0 Å². The molecule has 0 aliphatic carbocycles. The van der Waals surface area contributed by atoms with Gasteiger partial charge in [0.1, 0.15) is 12.1 Å². The van der Waals surface area contributed by atoms with E-state index in [0.29, 0.717) is 18.8 Å². The summed E-state index contributed by atoms with van der Waals surface area (Å²) in [6.07, 6.45) is 7.25. The smallest absolute Gasteiger partial charge is 0.287 e. The van der Waals surface area contributed by atoms with Crippen LogP contribution in [0.25, 0.3) is 11.0 Å². The highest BCUT2D eigenvalue weighted by Crippen LogP contribution is 2.25. The summed E-state index contributed by atoms with van der Waals surface area (Å²) in [5.41, 5.74) is 0.791. The van der Waals surface area contributed by atoms with Crippen LogP contribution in [0.5, 0.6) is 0 Å². The van der Waals surface area contributed by atoms with Crippen molar-refractivity contribution in [2.24, 2.45) is 0 Å². The van der Waals surface area contributed by atoms with E-state index in [0.717, 1.165) is 29.9 Å². The van der Waals surface area contributed by atoms with Gasteiger partial charge in [0, 0.05) is 19.6 Å². The lowest BCUT2D eigenvalue weighted by atomic mass is 10.3. The molecule has 0 atom stereocenters. The maximum absolute atomic E-state index is 11.9. The summed E-state index contributed by atoms with van der Waals surface area (Å²) in [7, 11) is 0. The number of fused-ring (bicyclic) bond motifs is 1. The van der Waals surface area contributed by atoms with Gasteiger partial charge in [-0.15, -0.1) is 0 Å². The van der Waals surface area contributed by atoms with Crippen molar-refractivity contribution in [3.05, 3.63) is 36.7 Å². The van der Waals surface area contributed by atoms with Crippen LogP contribution in [0.4, 0.5) is 5.82 Å². The van der Waals surface area contributed by atoms with E-state index in [9.17, 15) is 4.79 Å². The summed E-state index contributed by atoms with van der Waals surface area (Å²) < 4.78 is 6.86. The highest BCUT2D eigenvalue weighted by molar-refractivity contribution is 5.91. The molecule has 8 nitrogen and oxygen atoms in total. The number of furan rings is 1. The molecule has 0 unspecified atom stereocenters. The van der Waals surface area contributed by atoms with Crippen LogP contribution in [0.15, 0.2) is 35.3 Å². The summed E-state index contributed by atoms with van der Waals surface area (Å²) in [4.78, 5) is 22.9. The molecule has 3 aromatic heterocycles. The Hall–Kier alpha value is -2.90. The van der Waals surface area contributed by atoms with Gasteiger partial charge in [-0.2, -0.15) is 5.10 Å². The molecule has 1 amide bonds. The predicted octanol–water partition coefficient (Wildman–Crippen LogP) is 1.45. The first kappa shape index (κ1) is 14.7. The third-order valence-electron chi connectivity index (χ3n) is 4.17. The lowest BCUT2D eigenvalue weighted by Gasteiger charge is -2.16. The van der Waals surface area contributed by atoms with Crippen molar-refractivity contribution in [2.75, 3.05) is 24.5 Å². The van der Waals surface area contributed by atoms with Crippen LogP contribution >= 0.6 is 0 Å². The third kappa shape index (κ3) is 2.70. The normalized spacial score (nSPS) is 14.4.